The van der Waals surface area contributed by atoms with Gasteiger partial charge < -0.3 is 11.1 Å². The zero-order chi connectivity index (χ0) is 23.6. The van der Waals surface area contributed by atoms with Gasteiger partial charge in [-0.05, 0) is 56.7 Å². The van der Waals surface area contributed by atoms with Crippen LogP contribution in [0.15, 0.2) is 66.9 Å². The molecule has 3 aromatic rings. The highest BCUT2D eigenvalue weighted by atomic mass is 16.2. The van der Waals surface area contributed by atoms with Crippen molar-refractivity contribution in [3.8, 4) is 11.3 Å². The normalized spacial score (nSPS) is 15.8. The molecule has 0 aliphatic carbocycles. The van der Waals surface area contributed by atoms with Crippen LogP contribution in [0.5, 0.6) is 0 Å². The molecule has 7 heteroatoms. The third-order valence-corrected chi connectivity index (χ3v) is 6.62. The van der Waals surface area contributed by atoms with Gasteiger partial charge in [-0.3, -0.25) is 14.4 Å². The van der Waals surface area contributed by atoms with Crippen LogP contribution in [0, 0.1) is 5.92 Å². The maximum atomic E-state index is 12.4. The summed E-state index contributed by atoms with van der Waals surface area (Å²) >= 11 is 0. The predicted octanol–water partition coefficient (Wildman–Crippen LogP) is 3.47. The lowest BCUT2D eigenvalue weighted by molar-refractivity contribution is -0.122. The molecule has 180 valence electrons. The van der Waals surface area contributed by atoms with E-state index in [4.69, 9.17) is 5.73 Å². The number of rotatable bonds is 11. The number of likely N-dealkylation sites (tertiary alicyclic amines) is 1. The highest BCUT2D eigenvalue weighted by Gasteiger charge is 2.21. The molecule has 1 amide bonds. The van der Waals surface area contributed by atoms with Crippen LogP contribution < -0.4 is 11.1 Å². The second-order valence-corrected chi connectivity index (χ2v) is 9.29. The van der Waals surface area contributed by atoms with Crippen LogP contribution in [0.2, 0.25) is 0 Å². The van der Waals surface area contributed by atoms with Crippen molar-refractivity contribution in [1.82, 2.24) is 25.2 Å². The summed E-state index contributed by atoms with van der Waals surface area (Å²) in [4.78, 5) is 14.9. The third-order valence-electron chi connectivity index (χ3n) is 6.62. The first kappa shape index (κ1) is 24.1. The molecule has 3 N–H and O–H groups in total. The highest BCUT2D eigenvalue weighted by molar-refractivity contribution is 5.81. The van der Waals surface area contributed by atoms with E-state index in [0.717, 1.165) is 69.7 Å². The van der Waals surface area contributed by atoms with E-state index in [-0.39, 0.29) is 5.91 Å². The molecule has 0 bridgehead atoms. The van der Waals surface area contributed by atoms with Gasteiger partial charge in [0.05, 0.1) is 12.2 Å². The number of amides is 1. The number of carbonyl (C=O) groups is 1. The zero-order valence-electron chi connectivity index (χ0n) is 19.9. The first-order chi connectivity index (χ1) is 16.7. The van der Waals surface area contributed by atoms with Gasteiger partial charge in [0.25, 0.3) is 0 Å². The fourth-order valence-electron chi connectivity index (χ4n) is 4.48. The number of piperidine rings is 1. The number of carbonyl (C=O) groups excluding carboxylic acids is 1. The Labute approximate surface area is 202 Å². The summed E-state index contributed by atoms with van der Waals surface area (Å²) in [7, 11) is 0. The zero-order valence-corrected chi connectivity index (χ0v) is 19.9. The van der Waals surface area contributed by atoms with Gasteiger partial charge in [-0.15, -0.1) is 5.10 Å². The van der Waals surface area contributed by atoms with E-state index in [1.165, 1.54) is 5.56 Å². The average molecular weight is 461 g/mol. The molecular weight excluding hydrogens is 424 g/mol. The van der Waals surface area contributed by atoms with E-state index in [2.05, 4.69) is 50.9 Å². The van der Waals surface area contributed by atoms with E-state index in [1.54, 1.807) is 0 Å². The van der Waals surface area contributed by atoms with Crippen molar-refractivity contribution < 1.29 is 4.79 Å². The van der Waals surface area contributed by atoms with Crippen molar-refractivity contribution in [2.45, 2.75) is 51.2 Å². The van der Waals surface area contributed by atoms with Crippen molar-refractivity contribution in [3.63, 3.8) is 0 Å². The second kappa shape index (κ2) is 12.4. The van der Waals surface area contributed by atoms with Crippen molar-refractivity contribution in [2.24, 2.45) is 11.7 Å². The number of hydrogen-bond donors (Lipinski definition) is 2. The van der Waals surface area contributed by atoms with Crippen LogP contribution >= 0.6 is 0 Å². The highest BCUT2D eigenvalue weighted by Crippen LogP contribution is 2.19. The lowest BCUT2D eigenvalue weighted by atomic mass is 9.96. The smallest absolute Gasteiger partial charge is 0.236 e. The lowest BCUT2D eigenvalue weighted by Gasteiger charge is -2.32. The summed E-state index contributed by atoms with van der Waals surface area (Å²) in [5.41, 5.74) is 9.45. The van der Waals surface area contributed by atoms with Gasteiger partial charge in [0.1, 0.15) is 5.69 Å². The maximum absolute atomic E-state index is 12.4. The molecule has 1 atom stereocenters. The number of aryl methyl sites for hydroxylation is 1. The van der Waals surface area contributed by atoms with E-state index in [0.29, 0.717) is 12.3 Å². The molecular formula is C27H36N6O. The van der Waals surface area contributed by atoms with Gasteiger partial charge in [-0.2, -0.15) is 0 Å². The summed E-state index contributed by atoms with van der Waals surface area (Å²) in [5, 5.41) is 11.5. The lowest BCUT2D eigenvalue weighted by Crippen LogP contribution is -2.44. The Morgan fingerprint density at radius 3 is 2.47 bits per heavy atom. The van der Waals surface area contributed by atoms with Crippen molar-refractivity contribution in [1.29, 1.82) is 0 Å². The molecule has 7 nitrogen and oxygen atoms in total. The quantitative estimate of drug-likeness (QED) is 0.428. The van der Waals surface area contributed by atoms with Gasteiger partial charge in [0.15, 0.2) is 0 Å². The summed E-state index contributed by atoms with van der Waals surface area (Å²) in [6.07, 6.45) is 6.68. The maximum Gasteiger partial charge on any atom is 0.236 e. The molecule has 0 radical (unpaired) electrons. The Kier molecular flexibility index (Phi) is 8.82. The molecule has 1 aliphatic heterocycles. The molecule has 0 saturated carbocycles. The second-order valence-electron chi connectivity index (χ2n) is 9.29. The summed E-state index contributed by atoms with van der Waals surface area (Å²) < 4.78 is 1.86. The number of aromatic nitrogens is 3. The largest absolute Gasteiger partial charge is 0.354 e. The number of nitrogens with zero attached hydrogens (tertiary/aromatic N) is 4. The number of nitrogens with one attached hydrogen (secondary N) is 1. The van der Waals surface area contributed by atoms with Crippen LogP contribution in [0.4, 0.5) is 0 Å². The molecule has 0 unspecified atom stereocenters. The minimum absolute atomic E-state index is 0.0289. The Morgan fingerprint density at radius 2 is 1.74 bits per heavy atom. The Bertz CT molecular complexity index is 998. The molecule has 1 fully saturated rings. The predicted molar refractivity (Wildman–Crippen MR) is 135 cm³/mol. The number of benzene rings is 2. The minimum atomic E-state index is -0.450. The molecule has 2 heterocycles. The van der Waals surface area contributed by atoms with Gasteiger partial charge in [0, 0.05) is 25.2 Å². The van der Waals surface area contributed by atoms with Crippen LogP contribution in [0.3, 0.4) is 0 Å². The number of hydrogen-bond acceptors (Lipinski definition) is 5. The molecule has 34 heavy (non-hydrogen) atoms. The third kappa shape index (κ3) is 7.23. The van der Waals surface area contributed by atoms with E-state index in [9.17, 15) is 4.79 Å². The number of nitrogens with two attached hydrogens (primary N) is 1. The van der Waals surface area contributed by atoms with E-state index < -0.39 is 6.04 Å². The van der Waals surface area contributed by atoms with Crippen LogP contribution in [0.25, 0.3) is 11.3 Å². The summed E-state index contributed by atoms with van der Waals surface area (Å²) in [6.45, 7) is 4.67. The average Bonchev–Trinajstić information content (AvgIpc) is 3.36. The first-order valence-corrected chi connectivity index (χ1v) is 12.4. The molecule has 1 aromatic heterocycles. The van der Waals surface area contributed by atoms with Crippen LogP contribution in [-0.4, -0.2) is 51.5 Å². The van der Waals surface area contributed by atoms with Gasteiger partial charge >= 0.3 is 0 Å². The van der Waals surface area contributed by atoms with Crippen molar-refractivity contribution in [2.75, 3.05) is 19.6 Å². The number of unbranched alkanes of at least 4 members (excludes halogenated alkanes) is 1. The van der Waals surface area contributed by atoms with Crippen molar-refractivity contribution in [3.05, 3.63) is 72.4 Å². The molecule has 4 rings (SSSR count). The summed E-state index contributed by atoms with van der Waals surface area (Å²) in [5.74, 6) is 0.508. The van der Waals surface area contributed by atoms with Gasteiger partial charge in [-0.25, -0.2) is 0 Å². The molecule has 0 spiro atoms. The standard InChI is InChI=1S/C27H36N6O/c28-25(13-7-8-16-33-21-26(30-31-33)24-11-5-2-6-12-24)27(34)29-19-22-14-17-32(18-15-22)20-23-9-3-1-4-10-23/h1-6,9-12,21-22,25H,7-8,13-20,28H2,(H,29,34)/t25-/m0/s1. The van der Waals surface area contributed by atoms with Gasteiger partial charge in [0.2, 0.25) is 5.91 Å². The van der Waals surface area contributed by atoms with E-state index in [1.807, 2.05) is 41.2 Å². The monoisotopic (exact) mass is 460 g/mol. The topological polar surface area (TPSA) is 89.1 Å². The molecule has 1 aliphatic rings. The Morgan fingerprint density at radius 1 is 1.03 bits per heavy atom. The summed E-state index contributed by atoms with van der Waals surface area (Å²) in [6, 6.07) is 20.2. The minimum Gasteiger partial charge on any atom is -0.354 e. The molecule has 2 aromatic carbocycles. The SMILES string of the molecule is N[C@@H](CCCCn1cc(-c2ccccc2)nn1)C(=O)NCC1CCN(Cc2ccccc2)CC1. The molecule has 1 saturated heterocycles. The Balaban J connectivity index is 1.08. The van der Waals surface area contributed by atoms with Crippen LogP contribution in [0.1, 0.15) is 37.7 Å². The van der Waals surface area contributed by atoms with Gasteiger partial charge in [-0.1, -0.05) is 65.9 Å². The van der Waals surface area contributed by atoms with E-state index >= 15 is 0 Å². The first-order valence-electron chi connectivity index (χ1n) is 12.4. The Hall–Kier alpha value is -3.03. The van der Waals surface area contributed by atoms with Crippen molar-refractivity contribution >= 4 is 5.91 Å². The fraction of sp³-hybridized carbons (Fsp3) is 0.444. The van der Waals surface area contributed by atoms with Crippen LogP contribution in [-0.2, 0) is 17.9 Å². The fourth-order valence-corrected chi connectivity index (χ4v) is 4.48.